The summed E-state index contributed by atoms with van der Waals surface area (Å²) in [5.74, 6) is 0.854. The lowest BCUT2D eigenvalue weighted by Crippen LogP contribution is -2.35. The quantitative estimate of drug-likeness (QED) is 0.757. The van der Waals surface area contributed by atoms with Crippen LogP contribution in [-0.2, 0) is 4.79 Å². The predicted molar refractivity (Wildman–Crippen MR) is 65.7 cm³/mol. The van der Waals surface area contributed by atoms with Crippen LogP contribution in [0, 0.1) is 11.3 Å². The Morgan fingerprint density at radius 2 is 1.81 bits per heavy atom. The van der Waals surface area contributed by atoms with E-state index in [1.807, 2.05) is 0 Å². The van der Waals surface area contributed by atoms with Crippen molar-refractivity contribution in [2.75, 3.05) is 26.2 Å². The van der Waals surface area contributed by atoms with Gasteiger partial charge in [0.25, 0.3) is 0 Å². The van der Waals surface area contributed by atoms with Crippen molar-refractivity contribution in [2.45, 2.75) is 32.1 Å². The molecule has 3 nitrogen and oxygen atoms in total. The van der Waals surface area contributed by atoms with Gasteiger partial charge in [0.05, 0.1) is 0 Å². The van der Waals surface area contributed by atoms with Gasteiger partial charge in [0.1, 0.15) is 0 Å². The SMILES string of the molecule is Cl.O=C(C1CC12CCNCC2)N1CCCC1. The molecule has 1 spiro atoms. The van der Waals surface area contributed by atoms with Crippen molar-refractivity contribution in [2.24, 2.45) is 11.3 Å². The van der Waals surface area contributed by atoms with Gasteiger partial charge in [-0.25, -0.2) is 0 Å². The average molecular weight is 245 g/mol. The molecule has 16 heavy (non-hydrogen) atoms. The van der Waals surface area contributed by atoms with E-state index in [0.29, 0.717) is 17.2 Å². The Hall–Kier alpha value is -0.280. The van der Waals surface area contributed by atoms with Gasteiger partial charge in [-0.3, -0.25) is 4.79 Å². The summed E-state index contributed by atoms with van der Waals surface area (Å²) in [6, 6.07) is 0. The van der Waals surface area contributed by atoms with Gasteiger partial charge in [-0.05, 0) is 50.6 Å². The lowest BCUT2D eigenvalue weighted by Gasteiger charge is -2.24. The van der Waals surface area contributed by atoms with Crippen LogP contribution >= 0.6 is 12.4 Å². The van der Waals surface area contributed by atoms with Crippen LogP contribution in [0.1, 0.15) is 32.1 Å². The van der Waals surface area contributed by atoms with Crippen LogP contribution in [0.2, 0.25) is 0 Å². The zero-order valence-corrected chi connectivity index (χ0v) is 10.5. The molecule has 3 aliphatic rings. The summed E-state index contributed by atoms with van der Waals surface area (Å²) >= 11 is 0. The smallest absolute Gasteiger partial charge is 0.226 e. The Morgan fingerprint density at radius 1 is 1.19 bits per heavy atom. The highest BCUT2D eigenvalue weighted by Crippen LogP contribution is 2.59. The molecule has 4 heteroatoms. The molecule has 0 radical (unpaired) electrons. The fourth-order valence-electron chi connectivity index (χ4n) is 3.33. The third-order valence-corrected chi connectivity index (χ3v) is 4.50. The van der Waals surface area contributed by atoms with Crippen LogP contribution in [0.25, 0.3) is 0 Å². The second-order valence-electron chi connectivity index (χ2n) is 5.40. The number of nitrogens with one attached hydrogen (secondary N) is 1. The fraction of sp³-hybridized carbons (Fsp3) is 0.917. The summed E-state index contributed by atoms with van der Waals surface area (Å²) < 4.78 is 0. The zero-order valence-electron chi connectivity index (χ0n) is 9.71. The van der Waals surface area contributed by atoms with Crippen LogP contribution in [0.4, 0.5) is 0 Å². The fourth-order valence-corrected chi connectivity index (χ4v) is 3.33. The Balaban J connectivity index is 0.000000963. The summed E-state index contributed by atoms with van der Waals surface area (Å²) in [6.45, 7) is 4.26. The summed E-state index contributed by atoms with van der Waals surface area (Å²) in [7, 11) is 0. The molecule has 2 saturated heterocycles. The van der Waals surface area contributed by atoms with E-state index < -0.39 is 0 Å². The number of nitrogens with zero attached hydrogens (tertiary/aromatic N) is 1. The molecule has 0 bridgehead atoms. The van der Waals surface area contributed by atoms with Gasteiger partial charge < -0.3 is 10.2 Å². The van der Waals surface area contributed by atoms with Gasteiger partial charge in [0.15, 0.2) is 0 Å². The maximum atomic E-state index is 12.2. The number of piperidine rings is 1. The van der Waals surface area contributed by atoms with Gasteiger partial charge in [0.2, 0.25) is 5.91 Å². The molecule has 0 aromatic rings. The first-order valence-electron chi connectivity index (χ1n) is 6.31. The molecule has 0 aromatic heterocycles. The minimum atomic E-state index is 0. The van der Waals surface area contributed by atoms with Crippen molar-refractivity contribution in [1.82, 2.24) is 10.2 Å². The summed E-state index contributed by atoms with van der Waals surface area (Å²) in [4.78, 5) is 14.3. The van der Waals surface area contributed by atoms with E-state index in [4.69, 9.17) is 0 Å². The number of hydrogen-bond acceptors (Lipinski definition) is 2. The zero-order chi connectivity index (χ0) is 10.3. The molecule has 1 atom stereocenters. The van der Waals surface area contributed by atoms with Crippen LogP contribution in [-0.4, -0.2) is 37.0 Å². The van der Waals surface area contributed by atoms with E-state index >= 15 is 0 Å². The minimum absolute atomic E-state index is 0. The third-order valence-electron chi connectivity index (χ3n) is 4.50. The maximum absolute atomic E-state index is 12.2. The molecular weight excluding hydrogens is 224 g/mol. The Kier molecular flexibility index (Phi) is 3.45. The molecular formula is C12H21ClN2O. The second-order valence-corrected chi connectivity index (χ2v) is 5.40. The molecule has 1 amide bonds. The molecule has 1 N–H and O–H groups in total. The van der Waals surface area contributed by atoms with Gasteiger partial charge in [-0.15, -0.1) is 12.4 Å². The number of likely N-dealkylation sites (tertiary alicyclic amines) is 1. The second kappa shape index (κ2) is 4.53. The van der Waals surface area contributed by atoms with Crippen molar-refractivity contribution in [3.05, 3.63) is 0 Å². The number of halogens is 1. The highest BCUT2D eigenvalue weighted by Gasteiger charge is 2.58. The summed E-state index contributed by atoms with van der Waals surface area (Å²) in [5.41, 5.74) is 0.422. The molecule has 0 aromatic carbocycles. The van der Waals surface area contributed by atoms with Crippen LogP contribution < -0.4 is 5.32 Å². The highest BCUT2D eigenvalue weighted by atomic mass is 35.5. The van der Waals surface area contributed by atoms with Crippen LogP contribution in [0.3, 0.4) is 0 Å². The highest BCUT2D eigenvalue weighted by molar-refractivity contribution is 5.85. The van der Waals surface area contributed by atoms with Crippen molar-refractivity contribution >= 4 is 18.3 Å². The number of hydrogen-bond donors (Lipinski definition) is 1. The topological polar surface area (TPSA) is 32.3 Å². The van der Waals surface area contributed by atoms with Crippen LogP contribution in [0.15, 0.2) is 0 Å². The first-order valence-corrected chi connectivity index (χ1v) is 6.31. The van der Waals surface area contributed by atoms with E-state index in [0.717, 1.165) is 26.2 Å². The lowest BCUT2D eigenvalue weighted by atomic mass is 9.91. The molecule has 2 aliphatic heterocycles. The van der Waals surface area contributed by atoms with Crippen molar-refractivity contribution in [3.63, 3.8) is 0 Å². The van der Waals surface area contributed by atoms with E-state index in [1.165, 1.54) is 32.1 Å². The van der Waals surface area contributed by atoms with Crippen LogP contribution in [0.5, 0.6) is 0 Å². The number of amides is 1. The minimum Gasteiger partial charge on any atom is -0.342 e. The molecule has 3 fully saturated rings. The molecule has 1 unspecified atom stereocenters. The number of rotatable bonds is 1. The first kappa shape index (κ1) is 12.2. The third kappa shape index (κ3) is 1.95. The van der Waals surface area contributed by atoms with Crippen molar-refractivity contribution < 1.29 is 4.79 Å². The van der Waals surface area contributed by atoms with E-state index in [-0.39, 0.29) is 12.4 Å². The summed E-state index contributed by atoms with van der Waals surface area (Å²) in [5, 5.41) is 3.38. The molecule has 1 saturated carbocycles. The van der Waals surface area contributed by atoms with E-state index in [9.17, 15) is 4.79 Å². The average Bonchev–Trinajstić information content (AvgIpc) is 2.76. The molecule has 3 rings (SSSR count). The van der Waals surface area contributed by atoms with Gasteiger partial charge in [-0.2, -0.15) is 0 Å². The standard InChI is InChI=1S/C12H20N2O.ClH/c15-11(14-7-1-2-8-14)10-9-12(10)3-5-13-6-4-12;/h10,13H,1-9H2;1H. The Morgan fingerprint density at radius 3 is 2.44 bits per heavy atom. The van der Waals surface area contributed by atoms with Gasteiger partial charge in [0, 0.05) is 19.0 Å². The monoisotopic (exact) mass is 244 g/mol. The van der Waals surface area contributed by atoms with Crippen molar-refractivity contribution in [3.8, 4) is 0 Å². The molecule has 92 valence electrons. The number of carbonyl (C=O) groups is 1. The summed E-state index contributed by atoms with van der Waals surface area (Å²) in [6.07, 6.45) is 6.04. The molecule has 2 heterocycles. The Labute approximate surface area is 103 Å². The largest absolute Gasteiger partial charge is 0.342 e. The van der Waals surface area contributed by atoms with E-state index in [1.54, 1.807) is 0 Å². The van der Waals surface area contributed by atoms with Crippen molar-refractivity contribution in [1.29, 1.82) is 0 Å². The molecule has 1 aliphatic carbocycles. The predicted octanol–water partition coefficient (Wildman–Crippen LogP) is 1.42. The first-order chi connectivity index (χ1) is 7.32. The maximum Gasteiger partial charge on any atom is 0.226 e. The lowest BCUT2D eigenvalue weighted by molar-refractivity contribution is -0.132. The Bertz CT molecular complexity index is 270. The van der Waals surface area contributed by atoms with Gasteiger partial charge in [-0.1, -0.05) is 0 Å². The number of carbonyl (C=O) groups excluding carboxylic acids is 1. The normalized spacial score (nSPS) is 31.2. The van der Waals surface area contributed by atoms with Gasteiger partial charge >= 0.3 is 0 Å². The van der Waals surface area contributed by atoms with E-state index in [2.05, 4.69) is 10.2 Å².